The maximum absolute atomic E-state index is 12.7. The summed E-state index contributed by atoms with van der Waals surface area (Å²) in [6, 6.07) is 12.2. The van der Waals surface area contributed by atoms with Crippen LogP contribution in [0.15, 0.2) is 70.8 Å². The third-order valence-corrected chi connectivity index (χ3v) is 3.83. The lowest BCUT2D eigenvalue weighted by atomic mass is 10.2. The average molecular weight is 333 g/mol. The molecule has 2 heterocycles. The summed E-state index contributed by atoms with van der Waals surface area (Å²) in [6.45, 7) is 0. The molecule has 2 aromatic heterocycles. The molecule has 3 nitrogen and oxygen atoms in total. The fourth-order valence-electron chi connectivity index (χ4n) is 1.87. The van der Waals surface area contributed by atoms with Gasteiger partial charge in [0.25, 0.3) is 0 Å². The van der Waals surface area contributed by atoms with E-state index in [1.165, 1.54) is 6.07 Å². The minimum atomic E-state index is -4.36. The number of benzene rings is 1. The maximum atomic E-state index is 12.7. The van der Waals surface area contributed by atoms with Crippen LogP contribution in [-0.2, 0) is 6.18 Å². The second-order valence-corrected chi connectivity index (χ2v) is 5.65. The molecular formula is C16H10F3N3S. The van der Waals surface area contributed by atoms with E-state index in [0.29, 0.717) is 21.4 Å². The van der Waals surface area contributed by atoms with Crippen LogP contribution in [0, 0.1) is 0 Å². The van der Waals surface area contributed by atoms with Crippen molar-refractivity contribution in [2.45, 2.75) is 16.1 Å². The van der Waals surface area contributed by atoms with Gasteiger partial charge in [-0.15, -0.1) is 0 Å². The number of hydrogen-bond acceptors (Lipinski definition) is 4. The molecule has 0 saturated heterocycles. The molecule has 0 aliphatic carbocycles. The number of pyridine rings is 1. The van der Waals surface area contributed by atoms with Crippen molar-refractivity contribution in [3.8, 4) is 11.5 Å². The highest BCUT2D eigenvalue weighted by Gasteiger charge is 2.30. The summed E-state index contributed by atoms with van der Waals surface area (Å²) in [6.07, 6.45) is -1.17. The molecule has 0 amide bonds. The quantitative estimate of drug-likeness (QED) is 0.651. The first-order valence-electron chi connectivity index (χ1n) is 6.62. The smallest absolute Gasteiger partial charge is 0.253 e. The topological polar surface area (TPSA) is 38.7 Å². The Morgan fingerprint density at radius 1 is 0.870 bits per heavy atom. The third kappa shape index (κ3) is 3.87. The molecular weight excluding hydrogens is 323 g/mol. The molecule has 7 heteroatoms. The van der Waals surface area contributed by atoms with Crippen molar-refractivity contribution >= 4 is 11.8 Å². The minimum Gasteiger partial charge on any atom is -0.253 e. The van der Waals surface area contributed by atoms with E-state index in [0.717, 1.165) is 23.9 Å². The zero-order valence-electron chi connectivity index (χ0n) is 11.7. The first kappa shape index (κ1) is 15.5. The summed E-state index contributed by atoms with van der Waals surface area (Å²) >= 11 is 1.15. The molecule has 0 atom stereocenters. The largest absolute Gasteiger partial charge is 0.416 e. The second-order valence-electron chi connectivity index (χ2n) is 4.56. The standard InChI is InChI=1S/C16H10F3N3S/c17-16(18,19)11-4-3-5-12(10-11)23-14-7-9-21-15(22-14)13-6-1-2-8-20-13/h1-10H. The zero-order chi connectivity index (χ0) is 16.3. The van der Waals surface area contributed by atoms with Crippen molar-refractivity contribution in [2.24, 2.45) is 0 Å². The Bertz CT molecular complexity index is 807. The molecule has 0 N–H and O–H groups in total. The Hall–Kier alpha value is -2.41. The Labute approximate surface area is 134 Å². The van der Waals surface area contributed by atoms with E-state index in [1.54, 1.807) is 36.7 Å². The summed E-state index contributed by atoms with van der Waals surface area (Å²) in [7, 11) is 0. The number of hydrogen-bond donors (Lipinski definition) is 0. The Kier molecular flexibility index (Phi) is 4.29. The molecule has 0 bridgehead atoms. The summed E-state index contributed by atoms with van der Waals surface area (Å²) in [5, 5.41) is 0.556. The van der Waals surface area contributed by atoms with E-state index in [2.05, 4.69) is 15.0 Å². The van der Waals surface area contributed by atoms with Gasteiger partial charge in [-0.05, 0) is 36.4 Å². The number of halogens is 3. The summed E-state index contributed by atoms with van der Waals surface area (Å²) in [4.78, 5) is 13.1. The van der Waals surface area contributed by atoms with Crippen molar-refractivity contribution in [1.29, 1.82) is 0 Å². The second kappa shape index (κ2) is 6.37. The van der Waals surface area contributed by atoms with Crippen molar-refractivity contribution in [3.63, 3.8) is 0 Å². The van der Waals surface area contributed by atoms with Crippen molar-refractivity contribution < 1.29 is 13.2 Å². The van der Waals surface area contributed by atoms with E-state index in [9.17, 15) is 13.2 Å². The zero-order valence-corrected chi connectivity index (χ0v) is 12.5. The van der Waals surface area contributed by atoms with Crippen LogP contribution in [-0.4, -0.2) is 15.0 Å². The van der Waals surface area contributed by atoms with Gasteiger partial charge < -0.3 is 0 Å². The molecule has 3 aromatic rings. The van der Waals surface area contributed by atoms with Gasteiger partial charge in [-0.1, -0.05) is 23.9 Å². The molecule has 0 aliphatic heterocycles. The van der Waals surface area contributed by atoms with Gasteiger partial charge in [-0.3, -0.25) is 4.98 Å². The predicted molar refractivity (Wildman–Crippen MR) is 80.8 cm³/mol. The van der Waals surface area contributed by atoms with Gasteiger partial charge >= 0.3 is 6.18 Å². The maximum Gasteiger partial charge on any atom is 0.416 e. The van der Waals surface area contributed by atoms with E-state index in [4.69, 9.17) is 0 Å². The van der Waals surface area contributed by atoms with Crippen LogP contribution in [0.2, 0.25) is 0 Å². The lowest BCUT2D eigenvalue weighted by molar-refractivity contribution is -0.137. The SMILES string of the molecule is FC(F)(F)c1cccc(Sc2ccnc(-c3ccccn3)n2)c1. The normalized spacial score (nSPS) is 11.4. The number of aromatic nitrogens is 3. The van der Waals surface area contributed by atoms with Crippen LogP contribution in [0.4, 0.5) is 13.2 Å². The van der Waals surface area contributed by atoms with Gasteiger partial charge in [0.1, 0.15) is 10.7 Å². The summed E-state index contributed by atoms with van der Waals surface area (Å²) in [5.74, 6) is 0.433. The molecule has 0 saturated carbocycles. The fraction of sp³-hybridized carbons (Fsp3) is 0.0625. The fourth-order valence-corrected chi connectivity index (χ4v) is 2.71. The van der Waals surface area contributed by atoms with E-state index >= 15 is 0 Å². The van der Waals surface area contributed by atoms with Crippen LogP contribution in [0.25, 0.3) is 11.5 Å². The Morgan fingerprint density at radius 2 is 1.74 bits per heavy atom. The van der Waals surface area contributed by atoms with E-state index in [1.807, 2.05) is 6.07 Å². The minimum absolute atomic E-state index is 0.433. The first-order chi connectivity index (χ1) is 11.0. The predicted octanol–water partition coefficient (Wildman–Crippen LogP) is 4.71. The van der Waals surface area contributed by atoms with Crippen molar-refractivity contribution in [2.75, 3.05) is 0 Å². The lowest BCUT2D eigenvalue weighted by Crippen LogP contribution is -2.04. The van der Waals surface area contributed by atoms with Gasteiger partial charge in [-0.25, -0.2) is 9.97 Å². The molecule has 0 aliphatic rings. The van der Waals surface area contributed by atoms with Gasteiger partial charge in [0.2, 0.25) is 0 Å². The molecule has 1 aromatic carbocycles. The van der Waals surface area contributed by atoms with Crippen LogP contribution < -0.4 is 0 Å². The average Bonchev–Trinajstić information content (AvgIpc) is 2.55. The van der Waals surface area contributed by atoms with Crippen LogP contribution in [0.5, 0.6) is 0 Å². The van der Waals surface area contributed by atoms with Gasteiger partial charge in [0.15, 0.2) is 5.82 Å². The number of rotatable bonds is 3. The lowest BCUT2D eigenvalue weighted by Gasteiger charge is -2.08. The van der Waals surface area contributed by atoms with Crippen LogP contribution in [0.3, 0.4) is 0 Å². The van der Waals surface area contributed by atoms with Crippen molar-refractivity contribution in [1.82, 2.24) is 15.0 Å². The molecule has 116 valence electrons. The highest BCUT2D eigenvalue weighted by molar-refractivity contribution is 7.99. The van der Waals surface area contributed by atoms with Gasteiger partial charge in [-0.2, -0.15) is 13.2 Å². The third-order valence-electron chi connectivity index (χ3n) is 2.91. The van der Waals surface area contributed by atoms with Crippen LogP contribution >= 0.6 is 11.8 Å². The van der Waals surface area contributed by atoms with E-state index < -0.39 is 11.7 Å². The van der Waals surface area contributed by atoms with Crippen LogP contribution in [0.1, 0.15) is 5.56 Å². The van der Waals surface area contributed by atoms with E-state index in [-0.39, 0.29) is 0 Å². The Balaban J connectivity index is 1.87. The number of nitrogens with zero attached hydrogens (tertiary/aromatic N) is 3. The number of alkyl halides is 3. The molecule has 0 unspecified atom stereocenters. The Morgan fingerprint density at radius 3 is 2.48 bits per heavy atom. The van der Waals surface area contributed by atoms with Gasteiger partial charge in [0.05, 0.1) is 5.56 Å². The molecule has 0 radical (unpaired) electrons. The monoisotopic (exact) mass is 333 g/mol. The highest BCUT2D eigenvalue weighted by atomic mass is 32.2. The molecule has 3 rings (SSSR count). The molecule has 0 fully saturated rings. The van der Waals surface area contributed by atoms with Gasteiger partial charge in [0, 0.05) is 17.3 Å². The first-order valence-corrected chi connectivity index (χ1v) is 7.43. The molecule has 23 heavy (non-hydrogen) atoms. The highest BCUT2D eigenvalue weighted by Crippen LogP contribution is 2.34. The molecule has 0 spiro atoms. The summed E-state index contributed by atoms with van der Waals surface area (Å²) < 4.78 is 38.2. The van der Waals surface area contributed by atoms with Crippen molar-refractivity contribution in [3.05, 3.63) is 66.5 Å². The summed E-state index contributed by atoms with van der Waals surface area (Å²) in [5.41, 5.74) is -0.0690.